The van der Waals surface area contributed by atoms with Crippen molar-refractivity contribution in [2.24, 2.45) is 0 Å². The van der Waals surface area contributed by atoms with Gasteiger partial charge in [-0.05, 0) is 25.5 Å². The normalized spacial score (nSPS) is 19.2. The van der Waals surface area contributed by atoms with Gasteiger partial charge in [-0.3, -0.25) is 0 Å². The van der Waals surface area contributed by atoms with Gasteiger partial charge in [-0.1, -0.05) is 12.1 Å². The van der Waals surface area contributed by atoms with Crippen LogP contribution in [0.4, 0.5) is 21.8 Å². The van der Waals surface area contributed by atoms with Crippen molar-refractivity contribution in [2.45, 2.75) is 19.4 Å². The number of sulfone groups is 1. The molecule has 0 bridgehead atoms. The molecule has 0 radical (unpaired) electrons. The minimum atomic E-state index is -2.97. The van der Waals surface area contributed by atoms with E-state index in [0.29, 0.717) is 23.6 Å². The van der Waals surface area contributed by atoms with Gasteiger partial charge < -0.3 is 10.2 Å². The van der Waals surface area contributed by atoms with E-state index in [1.807, 2.05) is 18.9 Å². The number of halogens is 1. The summed E-state index contributed by atoms with van der Waals surface area (Å²) in [5.41, 5.74) is 1.01. The molecule has 1 fully saturated rings. The maximum atomic E-state index is 13.8. The van der Waals surface area contributed by atoms with Gasteiger partial charge in [-0.2, -0.15) is 4.98 Å². The zero-order valence-corrected chi connectivity index (χ0v) is 14.3. The molecule has 1 N–H and O–H groups in total. The number of benzene rings is 1. The molecule has 24 heavy (non-hydrogen) atoms. The molecule has 3 rings (SSSR count). The second kappa shape index (κ2) is 6.35. The summed E-state index contributed by atoms with van der Waals surface area (Å²) in [7, 11) is -1.15. The fourth-order valence-corrected chi connectivity index (χ4v) is 4.51. The Morgan fingerprint density at radius 2 is 2.04 bits per heavy atom. The minimum Gasteiger partial charge on any atom is -0.355 e. The van der Waals surface area contributed by atoms with Crippen LogP contribution in [0.5, 0.6) is 0 Å². The quantitative estimate of drug-likeness (QED) is 0.912. The van der Waals surface area contributed by atoms with E-state index in [-0.39, 0.29) is 29.3 Å². The number of aryl methyl sites for hydroxylation is 1. The highest BCUT2D eigenvalue weighted by Gasteiger charge is 2.31. The largest absolute Gasteiger partial charge is 0.355 e. The number of anilines is 3. The molecular formula is C16H19FN4O2S. The van der Waals surface area contributed by atoms with Crippen LogP contribution in [0.15, 0.2) is 30.3 Å². The standard InChI is InChI=1S/C16H19FN4O2S/c1-11-9-15(21(2)12-7-8-24(22,23)10-12)20-16(18-11)19-14-6-4-3-5-13(14)17/h3-6,9,12H,7-8,10H2,1-2H3,(H,18,19,20). The number of hydrogen-bond acceptors (Lipinski definition) is 6. The van der Waals surface area contributed by atoms with Gasteiger partial charge in [0.1, 0.15) is 11.6 Å². The zero-order chi connectivity index (χ0) is 17.3. The first-order chi connectivity index (χ1) is 11.3. The molecule has 1 saturated heterocycles. The molecule has 1 aliphatic rings. The Kier molecular flexibility index (Phi) is 4.40. The van der Waals surface area contributed by atoms with E-state index in [1.54, 1.807) is 24.3 Å². The molecule has 8 heteroatoms. The average molecular weight is 350 g/mol. The highest BCUT2D eigenvalue weighted by atomic mass is 32.2. The smallest absolute Gasteiger partial charge is 0.229 e. The monoisotopic (exact) mass is 350 g/mol. The van der Waals surface area contributed by atoms with E-state index >= 15 is 0 Å². The summed E-state index contributed by atoms with van der Waals surface area (Å²) >= 11 is 0. The summed E-state index contributed by atoms with van der Waals surface area (Å²) in [6.45, 7) is 1.82. The number of nitrogens with zero attached hydrogens (tertiary/aromatic N) is 3. The molecule has 1 aliphatic heterocycles. The number of aromatic nitrogens is 2. The lowest BCUT2D eigenvalue weighted by Gasteiger charge is -2.25. The fourth-order valence-electron chi connectivity index (χ4n) is 2.74. The van der Waals surface area contributed by atoms with E-state index in [4.69, 9.17) is 0 Å². The van der Waals surface area contributed by atoms with Gasteiger partial charge >= 0.3 is 0 Å². The lowest BCUT2D eigenvalue weighted by Crippen LogP contribution is -2.33. The number of nitrogens with one attached hydrogen (secondary N) is 1. The van der Waals surface area contributed by atoms with Crippen LogP contribution < -0.4 is 10.2 Å². The summed E-state index contributed by atoms with van der Waals surface area (Å²) in [6.07, 6.45) is 0.581. The molecule has 6 nitrogen and oxygen atoms in total. The molecule has 1 aromatic heterocycles. The van der Waals surface area contributed by atoms with E-state index in [9.17, 15) is 12.8 Å². The molecule has 0 saturated carbocycles. The van der Waals surface area contributed by atoms with Crippen LogP contribution in [0.25, 0.3) is 0 Å². The predicted octanol–water partition coefficient (Wildman–Crippen LogP) is 2.29. The average Bonchev–Trinajstić information content (AvgIpc) is 2.88. The second-order valence-corrected chi connectivity index (χ2v) is 8.19. The predicted molar refractivity (Wildman–Crippen MR) is 91.9 cm³/mol. The molecule has 1 atom stereocenters. The first kappa shape index (κ1) is 16.6. The molecule has 0 amide bonds. The van der Waals surface area contributed by atoms with E-state index in [1.165, 1.54) is 6.07 Å². The molecule has 2 aromatic rings. The summed E-state index contributed by atoms with van der Waals surface area (Å²) in [5, 5.41) is 2.87. The van der Waals surface area contributed by atoms with Crippen molar-refractivity contribution >= 4 is 27.3 Å². The van der Waals surface area contributed by atoms with Gasteiger partial charge in [0, 0.05) is 24.8 Å². The maximum Gasteiger partial charge on any atom is 0.229 e. The Hall–Kier alpha value is -2.22. The van der Waals surface area contributed by atoms with Crippen LogP contribution >= 0.6 is 0 Å². The molecule has 1 unspecified atom stereocenters. The number of rotatable bonds is 4. The van der Waals surface area contributed by atoms with Gasteiger partial charge in [-0.25, -0.2) is 17.8 Å². The fraction of sp³-hybridized carbons (Fsp3) is 0.375. The lowest BCUT2D eigenvalue weighted by molar-refractivity contribution is 0.600. The topological polar surface area (TPSA) is 75.2 Å². The molecule has 0 spiro atoms. The molecular weight excluding hydrogens is 331 g/mol. The highest BCUT2D eigenvalue weighted by Crippen LogP contribution is 2.24. The van der Waals surface area contributed by atoms with Crippen LogP contribution in [-0.4, -0.2) is 43.0 Å². The van der Waals surface area contributed by atoms with Crippen molar-refractivity contribution in [3.05, 3.63) is 41.8 Å². The Morgan fingerprint density at radius 3 is 2.71 bits per heavy atom. The second-order valence-electron chi connectivity index (χ2n) is 5.96. The molecule has 1 aromatic carbocycles. The van der Waals surface area contributed by atoms with Gasteiger partial charge in [0.05, 0.1) is 17.2 Å². The van der Waals surface area contributed by atoms with Crippen molar-refractivity contribution in [3.63, 3.8) is 0 Å². The van der Waals surface area contributed by atoms with Gasteiger partial charge in [-0.15, -0.1) is 0 Å². The number of para-hydroxylation sites is 1. The van der Waals surface area contributed by atoms with E-state index in [2.05, 4.69) is 15.3 Å². The van der Waals surface area contributed by atoms with Crippen molar-refractivity contribution in [1.29, 1.82) is 0 Å². The Bertz CT molecular complexity index is 857. The lowest BCUT2D eigenvalue weighted by atomic mass is 10.2. The third-order valence-corrected chi connectivity index (χ3v) is 5.83. The van der Waals surface area contributed by atoms with Gasteiger partial charge in [0.15, 0.2) is 9.84 Å². The number of hydrogen-bond donors (Lipinski definition) is 1. The van der Waals surface area contributed by atoms with Crippen molar-refractivity contribution in [3.8, 4) is 0 Å². The van der Waals surface area contributed by atoms with Crippen LogP contribution in [0.3, 0.4) is 0 Å². The third-order valence-electron chi connectivity index (χ3n) is 4.08. The summed E-state index contributed by atoms with van der Waals surface area (Å²) < 4.78 is 37.1. The molecule has 0 aliphatic carbocycles. The first-order valence-electron chi connectivity index (χ1n) is 7.64. The Morgan fingerprint density at radius 1 is 1.29 bits per heavy atom. The van der Waals surface area contributed by atoms with E-state index in [0.717, 1.165) is 0 Å². The Balaban J connectivity index is 1.85. The molecule has 2 heterocycles. The van der Waals surface area contributed by atoms with E-state index < -0.39 is 9.84 Å². The van der Waals surface area contributed by atoms with Crippen LogP contribution in [0.2, 0.25) is 0 Å². The van der Waals surface area contributed by atoms with Crippen molar-refractivity contribution in [2.75, 3.05) is 28.8 Å². The maximum absolute atomic E-state index is 13.8. The Labute approximate surface area is 140 Å². The van der Waals surface area contributed by atoms with Crippen LogP contribution in [0, 0.1) is 12.7 Å². The SMILES string of the molecule is Cc1cc(N(C)C2CCS(=O)(=O)C2)nc(Nc2ccccc2F)n1. The summed E-state index contributed by atoms with van der Waals surface area (Å²) in [4.78, 5) is 10.5. The van der Waals surface area contributed by atoms with Crippen LogP contribution in [-0.2, 0) is 9.84 Å². The van der Waals surface area contributed by atoms with Gasteiger partial charge in [0.2, 0.25) is 5.95 Å². The highest BCUT2D eigenvalue weighted by molar-refractivity contribution is 7.91. The van der Waals surface area contributed by atoms with Crippen molar-refractivity contribution in [1.82, 2.24) is 9.97 Å². The molecule has 128 valence electrons. The summed E-state index contributed by atoms with van der Waals surface area (Å²) in [5.74, 6) is 0.834. The minimum absolute atomic E-state index is 0.106. The van der Waals surface area contributed by atoms with Crippen molar-refractivity contribution < 1.29 is 12.8 Å². The van der Waals surface area contributed by atoms with Crippen LogP contribution in [0.1, 0.15) is 12.1 Å². The first-order valence-corrected chi connectivity index (χ1v) is 9.47. The third kappa shape index (κ3) is 3.64. The van der Waals surface area contributed by atoms with Gasteiger partial charge in [0.25, 0.3) is 0 Å². The zero-order valence-electron chi connectivity index (χ0n) is 13.5. The summed E-state index contributed by atoms with van der Waals surface area (Å²) in [6, 6.07) is 7.97.